The zero-order valence-electron chi connectivity index (χ0n) is 16.4. The van der Waals surface area contributed by atoms with Crippen LogP contribution in [-0.4, -0.2) is 39.4 Å². The molecule has 8 heteroatoms. The first kappa shape index (κ1) is 22.3. The fourth-order valence-corrected chi connectivity index (χ4v) is 3.39. The van der Waals surface area contributed by atoms with Crippen molar-refractivity contribution < 1.29 is 27.5 Å². The molecule has 0 aliphatic rings. The smallest absolute Gasteiger partial charge is 0.324 e. The van der Waals surface area contributed by atoms with Crippen LogP contribution in [0.2, 0.25) is 0 Å². The van der Waals surface area contributed by atoms with Crippen molar-refractivity contribution in [3.63, 3.8) is 0 Å². The van der Waals surface area contributed by atoms with Crippen molar-refractivity contribution in [1.29, 1.82) is 0 Å². The summed E-state index contributed by atoms with van der Waals surface area (Å²) in [6.07, 6.45) is 0.346. The van der Waals surface area contributed by atoms with E-state index >= 15 is 0 Å². The Kier molecular flexibility index (Phi) is 7.69. The van der Waals surface area contributed by atoms with Gasteiger partial charge in [-0.2, -0.15) is 4.72 Å². The van der Waals surface area contributed by atoms with Crippen molar-refractivity contribution in [2.75, 3.05) is 7.11 Å². The Labute approximate surface area is 170 Å². The molecule has 2 aromatic carbocycles. The number of ketones is 1. The summed E-state index contributed by atoms with van der Waals surface area (Å²) in [5, 5.41) is 0.970. The van der Waals surface area contributed by atoms with Gasteiger partial charge in [-0.05, 0) is 49.8 Å². The van der Waals surface area contributed by atoms with Crippen LogP contribution in [0.5, 0.6) is 5.75 Å². The summed E-state index contributed by atoms with van der Waals surface area (Å²) in [4.78, 5) is 24.6. The topological polar surface area (TPSA) is 98.8 Å². The lowest BCUT2D eigenvalue weighted by Gasteiger charge is -2.16. The molecule has 0 radical (unpaired) electrons. The number of Topliss-reactive ketones (excluding diaryl/α,β-unsaturated/α-hetero) is 1. The molecule has 0 amide bonds. The number of hydrogen-bond acceptors (Lipinski definition) is 6. The standard InChI is InChI=1S/C21H23NO6S/c1-15(22-29(25,26)14-13-17-7-5-4-6-8-17)21(24)28-16(2)20(23)18-9-11-19(27-3)12-10-18/h4-16,22H,1-3H3/b14-13+/t15-,16+/m0/s1. The maximum atomic E-state index is 12.4. The summed E-state index contributed by atoms with van der Waals surface area (Å²) < 4.78 is 36.6. The number of esters is 1. The molecule has 29 heavy (non-hydrogen) atoms. The van der Waals surface area contributed by atoms with Crippen LogP contribution >= 0.6 is 0 Å². The van der Waals surface area contributed by atoms with E-state index in [2.05, 4.69) is 4.72 Å². The van der Waals surface area contributed by atoms with Crippen LogP contribution in [0.25, 0.3) is 6.08 Å². The molecule has 0 unspecified atom stereocenters. The average molecular weight is 417 g/mol. The first-order chi connectivity index (χ1) is 13.7. The molecule has 154 valence electrons. The highest BCUT2D eigenvalue weighted by atomic mass is 32.2. The minimum Gasteiger partial charge on any atom is -0.497 e. The molecule has 2 rings (SSSR count). The van der Waals surface area contributed by atoms with Crippen LogP contribution in [0.1, 0.15) is 29.8 Å². The predicted octanol–water partition coefficient (Wildman–Crippen LogP) is 2.79. The van der Waals surface area contributed by atoms with E-state index in [1.807, 2.05) is 6.07 Å². The largest absolute Gasteiger partial charge is 0.497 e. The Balaban J connectivity index is 1.94. The van der Waals surface area contributed by atoms with Crippen molar-refractivity contribution >= 4 is 27.9 Å². The number of hydrogen-bond donors (Lipinski definition) is 1. The van der Waals surface area contributed by atoms with Crippen LogP contribution < -0.4 is 9.46 Å². The van der Waals surface area contributed by atoms with Gasteiger partial charge in [-0.25, -0.2) is 8.42 Å². The van der Waals surface area contributed by atoms with Gasteiger partial charge in [-0.3, -0.25) is 9.59 Å². The summed E-state index contributed by atoms with van der Waals surface area (Å²) in [5.41, 5.74) is 1.05. The molecule has 2 atom stereocenters. The first-order valence-corrected chi connectivity index (χ1v) is 10.4. The van der Waals surface area contributed by atoms with Gasteiger partial charge < -0.3 is 9.47 Å². The van der Waals surface area contributed by atoms with E-state index in [1.54, 1.807) is 48.5 Å². The lowest BCUT2D eigenvalue weighted by molar-refractivity contribution is -0.147. The molecule has 0 saturated heterocycles. The number of sulfonamides is 1. The second-order valence-corrected chi connectivity index (χ2v) is 7.87. The number of rotatable bonds is 9. The zero-order valence-corrected chi connectivity index (χ0v) is 17.2. The number of methoxy groups -OCH3 is 1. The molecule has 0 aromatic heterocycles. The fourth-order valence-electron chi connectivity index (χ4n) is 2.39. The van der Waals surface area contributed by atoms with Gasteiger partial charge >= 0.3 is 5.97 Å². The van der Waals surface area contributed by atoms with Crippen molar-refractivity contribution in [3.8, 4) is 5.75 Å². The van der Waals surface area contributed by atoms with Crippen LogP contribution in [0.15, 0.2) is 60.0 Å². The third-order valence-electron chi connectivity index (χ3n) is 3.97. The SMILES string of the molecule is COc1ccc(C(=O)[C@@H](C)OC(=O)[C@H](C)NS(=O)(=O)/C=C/c2ccccc2)cc1. The van der Waals surface area contributed by atoms with E-state index in [0.29, 0.717) is 16.9 Å². The summed E-state index contributed by atoms with van der Waals surface area (Å²) in [6.45, 7) is 2.78. The second kappa shape index (κ2) is 9.99. The monoisotopic (exact) mass is 417 g/mol. The van der Waals surface area contributed by atoms with Gasteiger partial charge in [0.05, 0.1) is 7.11 Å². The van der Waals surface area contributed by atoms with Crippen molar-refractivity contribution in [2.45, 2.75) is 26.0 Å². The molecule has 0 aliphatic heterocycles. The first-order valence-electron chi connectivity index (χ1n) is 8.86. The van der Waals surface area contributed by atoms with Crippen LogP contribution in [0, 0.1) is 0 Å². The Morgan fingerprint density at radius 1 is 1.00 bits per heavy atom. The number of benzene rings is 2. The third kappa shape index (κ3) is 6.85. The fraction of sp³-hybridized carbons (Fsp3) is 0.238. The minimum absolute atomic E-state index is 0.352. The maximum absolute atomic E-state index is 12.4. The van der Waals surface area contributed by atoms with E-state index in [4.69, 9.17) is 9.47 Å². The molecule has 0 fully saturated rings. The second-order valence-electron chi connectivity index (χ2n) is 6.27. The van der Waals surface area contributed by atoms with Gasteiger partial charge in [-0.1, -0.05) is 30.3 Å². The van der Waals surface area contributed by atoms with Gasteiger partial charge in [0, 0.05) is 11.0 Å². The predicted molar refractivity (Wildman–Crippen MR) is 110 cm³/mol. The highest BCUT2D eigenvalue weighted by molar-refractivity contribution is 7.92. The molecule has 1 N–H and O–H groups in total. The summed E-state index contributed by atoms with van der Waals surface area (Å²) in [7, 11) is -2.36. The van der Waals surface area contributed by atoms with E-state index in [1.165, 1.54) is 27.0 Å². The Morgan fingerprint density at radius 2 is 1.62 bits per heavy atom. The molecular formula is C21H23NO6S. The number of carbonyl (C=O) groups is 2. The molecule has 2 aromatic rings. The highest BCUT2D eigenvalue weighted by Crippen LogP contribution is 2.14. The summed E-state index contributed by atoms with van der Waals surface area (Å²) in [5.74, 6) is -0.658. The Bertz CT molecular complexity index is 968. The average Bonchev–Trinajstić information content (AvgIpc) is 2.72. The quantitative estimate of drug-likeness (QED) is 0.498. The van der Waals surface area contributed by atoms with E-state index < -0.39 is 33.9 Å². The van der Waals surface area contributed by atoms with Crippen LogP contribution in [-0.2, 0) is 19.6 Å². The van der Waals surface area contributed by atoms with Crippen molar-refractivity contribution in [3.05, 3.63) is 71.1 Å². The molecular weight excluding hydrogens is 394 g/mol. The van der Waals surface area contributed by atoms with E-state index in [0.717, 1.165) is 5.41 Å². The maximum Gasteiger partial charge on any atom is 0.324 e. The zero-order chi connectivity index (χ0) is 21.4. The van der Waals surface area contributed by atoms with Gasteiger partial charge in [0.2, 0.25) is 15.8 Å². The molecule has 0 saturated carbocycles. The normalized spacial score (nSPS) is 13.6. The number of ether oxygens (including phenoxy) is 2. The summed E-state index contributed by atoms with van der Waals surface area (Å²) in [6, 6.07) is 14.1. The van der Waals surface area contributed by atoms with E-state index in [9.17, 15) is 18.0 Å². The molecule has 0 bridgehead atoms. The minimum atomic E-state index is -3.87. The third-order valence-corrected chi connectivity index (χ3v) is 5.15. The summed E-state index contributed by atoms with van der Waals surface area (Å²) >= 11 is 0. The highest BCUT2D eigenvalue weighted by Gasteiger charge is 2.25. The lowest BCUT2D eigenvalue weighted by atomic mass is 10.1. The van der Waals surface area contributed by atoms with E-state index in [-0.39, 0.29) is 0 Å². The Hall–Kier alpha value is -2.97. The van der Waals surface area contributed by atoms with Crippen LogP contribution in [0.4, 0.5) is 0 Å². The number of nitrogens with one attached hydrogen (secondary N) is 1. The lowest BCUT2D eigenvalue weighted by Crippen LogP contribution is -2.40. The van der Waals surface area contributed by atoms with Crippen LogP contribution in [0.3, 0.4) is 0 Å². The van der Waals surface area contributed by atoms with Gasteiger partial charge in [0.15, 0.2) is 6.10 Å². The van der Waals surface area contributed by atoms with Gasteiger partial charge in [0.25, 0.3) is 0 Å². The van der Waals surface area contributed by atoms with Gasteiger partial charge in [0.1, 0.15) is 11.8 Å². The molecule has 0 spiro atoms. The number of carbonyl (C=O) groups excluding carboxylic acids is 2. The molecule has 7 nitrogen and oxygen atoms in total. The van der Waals surface area contributed by atoms with Crippen molar-refractivity contribution in [2.24, 2.45) is 0 Å². The van der Waals surface area contributed by atoms with Crippen molar-refractivity contribution in [1.82, 2.24) is 4.72 Å². The van der Waals surface area contributed by atoms with Gasteiger partial charge in [-0.15, -0.1) is 0 Å². The molecule has 0 heterocycles. The molecule has 0 aliphatic carbocycles. The Morgan fingerprint density at radius 3 is 2.21 bits per heavy atom.